The Morgan fingerprint density at radius 1 is 1.32 bits per heavy atom. The van der Waals surface area contributed by atoms with E-state index in [0.717, 1.165) is 12.1 Å². The summed E-state index contributed by atoms with van der Waals surface area (Å²) < 4.78 is 0. The highest BCUT2D eigenvalue weighted by Crippen LogP contribution is 2.50. The number of rotatable bonds is 4. The average molecular weight is 334 g/mol. The summed E-state index contributed by atoms with van der Waals surface area (Å²) in [4.78, 5) is 8.22. The quantitative estimate of drug-likeness (QED) is 0.295. The van der Waals surface area contributed by atoms with Crippen LogP contribution in [0.5, 0.6) is 0 Å². The fourth-order valence-electron chi connectivity index (χ4n) is 3.46. The van der Waals surface area contributed by atoms with Crippen molar-refractivity contribution in [1.29, 1.82) is 0 Å². The summed E-state index contributed by atoms with van der Waals surface area (Å²) in [5.74, 6) is 0.0331. The van der Waals surface area contributed by atoms with Crippen molar-refractivity contribution in [2.75, 3.05) is 0 Å². The summed E-state index contributed by atoms with van der Waals surface area (Å²) in [7, 11) is 0. The third-order valence-electron chi connectivity index (χ3n) is 5.20. The monoisotopic (exact) mass is 334 g/mol. The minimum Gasteiger partial charge on any atom is -0.409 e. The molecule has 5 heteroatoms. The van der Waals surface area contributed by atoms with Crippen molar-refractivity contribution >= 4 is 16.7 Å². The number of oxime groups is 1. The molecule has 1 fully saturated rings. The van der Waals surface area contributed by atoms with Crippen LogP contribution < -0.4 is 5.73 Å². The molecule has 1 aliphatic rings. The van der Waals surface area contributed by atoms with Crippen LogP contribution in [0.4, 0.5) is 0 Å². The van der Waals surface area contributed by atoms with Crippen LogP contribution in [0.25, 0.3) is 10.9 Å². The molecule has 25 heavy (non-hydrogen) atoms. The second kappa shape index (κ2) is 5.62. The zero-order valence-corrected chi connectivity index (χ0v) is 14.5. The Morgan fingerprint density at radius 3 is 2.84 bits per heavy atom. The molecule has 4 N–H and O–H groups in total. The third-order valence-corrected chi connectivity index (χ3v) is 5.20. The van der Waals surface area contributed by atoms with Gasteiger partial charge in [0.05, 0.1) is 0 Å². The fourth-order valence-corrected chi connectivity index (χ4v) is 3.46. The predicted octanol–water partition coefficient (Wildman–Crippen LogP) is 3.61. The lowest BCUT2D eigenvalue weighted by Crippen LogP contribution is -2.15. The molecule has 4 rings (SSSR count). The van der Waals surface area contributed by atoms with E-state index in [0.29, 0.717) is 5.69 Å². The normalized spacial score (nSPS) is 16.3. The molecule has 1 saturated carbocycles. The second-order valence-corrected chi connectivity index (χ2v) is 7.26. The second-order valence-electron chi connectivity index (χ2n) is 7.26. The van der Waals surface area contributed by atoms with Gasteiger partial charge >= 0.3 is 0 Å². The zero-order chi connectivity index (χ0) is 17.6. The van der Waals surface area contributed by atoms with Gasteiger partial charge in [-0.15, -0.1) is 0 Å². The molecule has 1 aliphatic carbocycles. The van der Waals surface area contributed by atoms with Gasteiger partial charge in [-0.1, -0.05) is 30.3 Å². The smallest absolute Gasteiger partial charge is 0.188 e. The molecule has 128 valence electrons. The molecule has 0 bridgehead atoms. The third kappa shape index (κ3) is 2.76. The largest absolute Gasteiger partial charge is 0.409 e. The topological polar surface area (TPSA) is 87.3 Å². The van der Waals surface area contributed by atoms with E-state index in [1.54, 1.807) is 6.07 Å². The average Bonchev–Trinajstić information content (AvgIpc) is 3.26. The van der Waals surface area contributed by atoms with Crippen LogP contribution in [-0.2, 0) is 11.8 Å². The van der Waals surface area contributed by atoms with Crippen molar-refractivity contribution < 1.29 is 5.21 Å². The zero-order valence-electron chi connectivity index (χ0n) is 14.5. The number of amidine groups is 1. The first-order chi connectivity index (χ1) is 12.0. The molecule has 0 aliphatic heterocycles. The molecule has 1 aromatic carbocycles. The maximum absolute atomic E-state index is 8.88. The molecule has 0 radical (unpaired) electrons. The SMILES string of the molecule is Cc1ccc2c(Cc3cccc(C(N)=NO)n3)c(C3(C)CC3)[nH]c2c1. The van der Waals surface area contributed by atoms with Crippen molar-refractivity contribution in [2.45, 2.75) is 38.5 Å². The number of aromatic nitrogens is 2. The Kier molecular flexibility index (Phi) is 3.53. The molecule has 0 atom stereocenters. The number of hydrogen-bond donors (Lipinski definition) is 3. The number of nitrogens with two attached hydrogens (primary N) is 1. The number of nitrogens with zero attached hydrogens (tertiary/aromatic N) is 2. The van der Waals surface area contributed by atoms with Gasteiger partial charge in [0.1, 0.15) is 5.69 Å². The van der Waals surface area contributed by atoms with Crippen LogP contribution in [0.2, 0.25) is 0 Å². The molecule has 2 heterocycles. The van der Waals surface area contributed by atoms with E-state index < -0.39 is 0 Å². The van der Waals surface area contributed by atoms with Crippen molar-refractivity contribution in [3.05, 3.63) is 64.6 Å². The van der Waals surface area contributed by atoms with Gasteiger partial charge in [-0.3, -0.25) is 0 Å². The Hall–Kier alpha value is -2.82. The van der Waals surface area contributed by atoms with Crippen molar-refractivity contribution in [3.63, 3.8) is 0 Å². The van der Waals surface area contributed by atoms with E-state index in [2.05, 4.69) is 47.2 Å². The molecule has 0 unspecified atom stereocenters. The van der Waals surface area contributed by atoms with Gasteiger partial charge in [0, 0.05) is 34.1 Å². The Labute approximate surface area is 146 Å². The molecule has 2 aromatic heterocycles. The van der Waals surface area contributed by atoms with Crippen LogP contribution in [0, 0.1) is 6.92 Å². The number of H-pyrrole nitrogens is 1. The first kappa shape index (κ1) is 15.7. The van der Waals surface area contributed by atoms with Gasteiger partial charge in [0.15, 0.2) is 5.84 Å². The maximum atomic E-state index is 8.88. The molecular formula is C20H22N4O. The number of aryl methyl sites for hydroxylation is 1. The van der Waals surface area contributed by atoms with E-state index in [1.165, 1.54) is 40.6 Å². The summed E-state index contributed by atoms with van der Waals surface area (Å²) in [6, 6.07) is 12.2. The number of aromatic amines is 1. The predicted molar refractivity (Wildman–Crippen MR) is 99.2 cm³/mol. The van der Waals surface area contributed by atoms with Crippen molar-refractivity contribution in [1.82, 2.24) is 9.97 Å². The van der Waals surface area contributed by atoms with Crippen LogP contribution in [0.15, 0.2) is 41.6 Å². The summed E-state index contributed by atoms with van der Waals surface area (Å²) in [6.45, 7) is 4.43. The summed E-state index contributed by atoms with van der Waals surface area (Å²) in [5, 5.41) is 13.2. The Balaban J connectivity index is 1.81. The highest BCUT2D eigenvalue weighted by Gasteiger charge is 2.42. The van der Waals surface area contributed by atoms with Gasteiger partial charge in [-0.2, -0.15) is 0 Å². The van der Waals surface area contributed by atoms with E-state index in [-0.39, 0.29) is 11.3 Å². The summed E-state index contributed by atoms with van der Waals surface area (Å²) in [5.41, 5.74) is 12.4. The molecule has 0 spiro atoms. The molecule has 5 nitrogen and oxygen atoms in total. The lowest BCUT2D eigenvalue weighted by molar-refractivity contribution is 0.318. The molecule has 3 aromatic rings. The minimum atomic E-state index is 0.0331. The molecular weight excluding hydrogens is 312 g/mol. The number of fused-ring (bicyclic) bond motifs is 1. The minimum absolute atomic E-state index is 0.0331. The number of nitrogens with one attached hydrogen (secondary N) is 1. The highest BCUT2D eigenvalue weighted by atomic mass is 16.4. The molecule has 0 saturated heterocycles. The number of pyridine rings is 1. The van der Waals surface area contributed by atoms with Gasteiger partial charge in [-0.25, -0.2) is 4.98 Å². The van der Waals surface area contributed by atoms with E-state index in [9.17, 15) is 0 Å². The molecule has 0 amide bonds. The number of hydrogen-bond acceptors (Lipinski definition) is 3. The Morgan fingerprint density at radius 2 is 2.12 bits per heavy atom. The van der Waals surface area contributed by atoms with E-state index in [4.69, 9.17) is 10.9 Å². The van der Waals surface area contributed by atoms with Gasteiger partial charge in [0.25, 0.3) is 0 Å². The van der Waals surface area contributed by atoms with Crippen LogP contribution >= 0.6 is 0 Å². The summed E-state index contributed by atoms with van der Waals surface area (Å²) >= 11 is 0. The van der Waals surface area contributed by atoms with Crippen LogP contribution in [0.1, 0.15) is 48.0 Å². The summed E-state index contributed by atoms with van der Waals surface area (Å²) in [6.07, 6.45) is 3.15. The van der Waals surface area contributed by atoms with Crippen molar-refractivity contribution in [3.8, 4) is 0 Å². The van der Waals surface area contributed by atoms with Gasteiger partial charge < -0.3 is 15.9 Å². The van der Waals surface area contributed by atoms with Gasteiger partial charge in [0.2, 0.25) is 0 Å². The highest BCUT2D eigenvalue weighted by molar-refractivity contribution is 5.95. The first-order valence-corrected chi connectivity index (χ1v) is 8.56. The van der Waals surface area contributed by atoms with Crippen LogP contribution in [-0.4, -0.2) is 21.0 Å². The number of benzene rings is 1. The fraction of sp³-hybridized carbons (Fsp3) is 0.300. The lowest BCUT2D eigenvalue weighted by atomic mass is 9.96. The maximum Gasteiger partial charge on any atom is 0.188 e. The van der Waals surface area contributed by atoms with E-state index >= 15 is 0 Å². The van der Waals surface area contributed by atoms with Crippen LogP contribution in [0.3, 0.4) is 0 Å². The standard InChI is InChI=1S/C20H22N4O/c1-12-6-7-14-15(18(20(2)8-9-20)23-17(14)10-12)11-13-4-3-5-16(22-13)19(21)24-25/h3-7,10,23,25H,8-9,11H2,1-2H3,(H2,21,24). The lowest BCUT2D eigenvalue weighted by Gasteiger charge is -2.11. The van der Waals surface area contributed by atoms with Crippen molar-refractivity contribution in [2.24, 2.45) is 10.9 Å². The first-order valence-electron chi connectivity index (χ1n) is 8.56. The van der Waals surface area contributed by atoms with Gasteiger partial charge in [-0.05, 0) is 49.1 Å². The van der Waals surface area contributed by atoms with E-state index in [1.807, 2.05) is 12.1 Å². The Bertz CT molecular complexity index is 983.